The fourth-order valence-corrected chi connectivity index (χ4v) is 1.42. The number of rotatable bonds is 4. The summed E-state index contributed by atoms with van der Waals surface area (Å²) in [5, 5.41) is 5.64. The van der Waals surface area contributed by atoms with E-state index in [0.717, 1.165) is 5.52 Å². The van der Waals surface area contributed by atoms with E-state index in [4.69, 9.17) is 10.2 Å². The summed E-state index contributed by atoms with van der Waals surface area (Å²) in [4.78, 5) is 14.9. The minimum Gasteiger partial charge on any atom is -0.423 e. The van der Waals surface area contributed by atoms with Crippen molar-refractivity contribution in [2.24, 2.45) is 0 Å². The lowest BCUT2D eigenvalue weighted by Crippen LogP contribution is -2.26. The summed E-state index contributed by atoms with van der Waals surface area (Å²) in [6.45, 7) is 2.56. The van der Waals surface area contributed by atoms with Crippen LogP contribution >= 0.6 is 0 Å². The number of anilines is 2. The molecular weight excluding hydrogens is 220 g/mol. The van der Waals surface area contributed by atoms with Crippen LogP contribution in [0.4, 0.5) is 11.7 Å². The second-order valence-corrected chi connectivity index (χ2v) is 3.66. The zero-order valence-electron chi connectivity index (χ0n) is 9.49. The molecule has 1 aromatic carbocycles. The molecule has 2 aromatic rings. The Morgan fingerprint density at radius 1 is 1.47 bits per heavy atom. The number of fused-ring (bicyclic) bond motifs is 1. The molecule has 0 aliphatic heterocycles. The average Bonchev–Trinajstić information content (AvgIpc) is 2.66. The third-order valence-corrected chi connectivity index (χ3v) is 2.19. The first-order valence-corrected chi connectivity index (χ1v) is 5.29. The molecule has 0 saturated carbocycles. The first kappa shape index (κ1) is 11.3. The summed E-state index contributed by atoms with van der Waals surface area (Å²) in [5.74, 6) is -0.0582. The molecule has 0 unspecified atom stereocenters. The van der Waals surface area contributed by atoms with Gasteiger partial charge in [-0.2, -0.15) is 4.98 Å². The number of aromatic nitrogens is 1. The average molecular weight is 234 g/mol. The molecule has 0 spiro atoms. The molecule has 0 aliphatic carbocycles. The third kappa shape index (κ3) is 2.87. The number of benzene rings is 1. The van der Waals surface area contributed by atoms with Crippen LogP contribution < -0.4 is 16.4 Å². The van der Waals surface area contributed by atoms with Crippen molar-refractivity contribution in [1.82, 2.24) is 10.3 Å². The zero-order valence-corrected chi connectivity index (χ0v) is 9.49. The van der Waals surface area contributed by atoms with Gasteiger partial charge in [0.25, 0.3) is 6.01 Å². The molecule has 0 saturated heterocycles. The number of carbonyl (C=O) groups excluding carboxylic acids is 1. The number of nitrogens with zero attached hydrogens (tertiary/aromatic N) is 1. The molecule has 17 heavy (non-hydrogen) atoms. The van der Waals surface area contributed by atoms with Gasteiger partial charge in [0, 0.05) is 31.8 Å². The van der Waals surface area contributed by atoms with Crippen molar-refractivity contribution in [2.45, 2.75) is 6.92 Å². The second-order valence-electron chi connectivity index (χ2n) is 3.66. The minimum atomic E-state index is -0.0582. The van der Waals surface area contributed by atoms with Crippen molar-refractivity contribution in [3.63, 3.8) is 0 Å². The van der Waals surface area contributed by atoms with Gasteiger partial charge in [0.1, 0.15) is 5.52 Å². The Kier molecular flexibility index (Phi) is 3.13. The van der Waals surface area contributed by atoms with Crippen LogP contribution in [0.3, 0.4) is 0 Å². The SMILES string of the molecule is CC(=O)NCCNc1nc2ccc(N)cc2o1. The van der Waals surface area contributed by atoms with Crippen LogP contribution in [0, 0.1) is 0 Å². The smallest absolute Gasteiger partial charge is 0.295 e. The van der Waals surface area contributed by atoms with Crippen molar-refractivity contribution in [2.75, 3.05) is 24.1 Å². The van der Waals surface area contributed by atoms with Crippen LogP contribution in [-0.2, 0) is 4.79 Å². The van der Waals surface area contributed by atoms with E-state index in [1.54, 1.807) is 18.2 Å². The van der Waals surface area contributed by atoms with Crippen molar-refractivity contribution >= 4 is 28.7 Å². The first-order valence-electron chi connectivity index (χ1n) is 5.29. The molecule has 1 aromatic heterocycles. The third-order valence-electron chi connectivity index (χ3n) is 2.19. The number of nitrogen functional groups attached to an aromatic ring is 1. The highest BCUT2D eigenvalue weighted by atomic mass is 16.4. The number of nitrogens with two attached hydrogens (primary N) is 1. The predicted molar refractivity (Wildman–Crippen MR) is 65.6 cm³/mol. The largest absolute Gasteiger partial charge is 0.423 e. The molecular formula is C11H14N4O2. The van der Waals surface area contributed by atoms with Gasteiger partial charge in [0.15, 0.2) is 5.58 Å². The molecule has 0 bridgehead atoms. The second kappa shape index (κ2) is 4.73. The van der Waals surface area contributed by atoms with E-state index >= 15 is 0 Å². The number of carbonyl (C=O) groups is 1. The van der Waals surface area contributed by atoms with E-state index in [0.29, 0.717) is 30.4 Å². The Hall–Kier alpha value is -2.24. The standard InChI is InChI=1S/C11H14N4O2/c1-7(16)13-4-5-14-11-15-9-3-2-8(12)6-10(9)17-11/h2-3,6H,4-5,12H2,1H3,(H,13,16)(H,14,15). The van der Waals surface area contributed by atoms with Gasteiger partial charge in [0.05, 0.1) is 0 Å². The number of oxazole rings is 1. The van der Waals surface area contributed by atoms with Crippen molar-refractivity contribution in [3.05, 3.63) is 18.2 Å². The minimum absolute atomic E-state index is 0.0582. The maximum absolute atomic E-state index is 10.6. The van der Waals surface area contributed by atoms with Crippen LogP contribution in [0.15, 0.2) is 22.6 Å². The summed E-state index contributed by atoms with van der Waals surface area (Å²) < 4.78 is 5.44. The predicted octanol–water partition coefficient (Wildman–Crippen LogP) is 0.958. The molecule has 0 fully saturated rings. The van der Waals surface area contributed by atoms with Gasteiger partial charge in [-0.3, -0.25) is 4.79 Å². The molecule has 4 N–H and O–H groups in total. The maximum Gasteiger partial charge on any atom is 0.295 e. The molecule has 6 nitrogen and oxygen atoms in total. The van der Waals surface area contributed by atoms with E-state index < -0.39 is 0 Å². The normalized spacial score (nSPS) is 10.4. The Morgan fingerprint density at radius 2 is 2.29 bits per heavy atom. The maximum atomic E-state index is 10.6. The zero-order chi connectivity index (χ0) is 12.3. The summed E-state index contributed by atoms with van der Waals surface area (Å²) >= 11 is 0. The van der Waals surface area contributed by atoms with Crippen LogP contribution in [0.2, 0.25) is 0 Å². The van der Waals surface area contributed by atoms with Gasteiger partial charge >= 0.3 is 0 Å². The van der Waals surface area contributed by atoms with E-state index in [2.05, 4.69) is 15.6 Å². The number of hydrogen-bond donors (Lipinski definition) is 3. The molecule has 0 aliphatic rings. The van der Waals surface area contributed by atoms with Gasteiger partial charge in [-0.05, 0) is 12.1 Å². The highest BCUT2D eigenvalue weighted by Gasteiger charge is 2.04. The van der Waals surface area contributed by atoms with Gasteiger partial charge in [-0.25, -0.2) is 0 Å². The van der Waals surface area contributed by atoms with Crippen molar-refractivity contribution in [3.8, 4) is 0 Å². The molecule has 0 radical (unpaired) electrons. The molecule has 1 heterocycles. The highest BCUT2D eigenvalue weighted by molar-refractivity contribution is 5.78. The fraction of sp³-hybridized carbons (Fsp3) is 0.273. The quantitative estimate of drug-likeness (QED) is 0.541. The lowest BCUT2D eigenvalue weighted by atomic mass is 10.3. The van der Waals surface area contributed by atoms with E-state index in [-0.39, 0.29) is 5.91 Å². The van der Waals surface area contributed by atoms with Crippen LogP contribution in [0.1, 0.15) is 6.92 Å². The van der Waals surface area contributed by atoms with Gasteiger partial charge in [0.2, 0.25) is 5.91 Å². The summed E-state index contributed by atoms with van der Waals surface area (Å²) in [7, 11) is 0. The van der Waals surface area contributed by atoms with Crippen molar-refractivity contribution < 1.29 is 9.21 Å². The van der Waals surface area contributed by atoms with Crippen LogP contribution in [0.25, 0.3) is 11.1 Å². The summed E-state index contributed by atoms with van der Waals surface area (Å²) in [6.07, 6.45) is 0. The molecule has 90 valence electrons. The van der Waals surface area contributed by atoms with Gasteiger partial charge in [-0.15, -0.1) is 0 Å². The summed E-state index contributed by atoms with van der Waals surface area (Å²) in [6, 6.07) is 5.72. The Morgan fingerprint density at radius 3 is 3.06 bits per heavy atom. The number of amides is 1. The van der Waals surface area contributed by atoms with Crippen LogP contribution in [-0.4, -0.2) is 24.0 Å². The molecule has 2 rings (SSSR count). The molecule has 1 amide bonds. The Balaban J connectivity index is 1.97. The van der Waals surface area contributed by atoms with E-state index in [1.807, 2.05) is 0 Å². The van der Waals surface area contributed by atoms with Crippen molar-refractivity contribution in [1.29, 1.82) is 0 Å². The Bertz CT molecular complexity index is 535. The number of nitrogens with one attached hydrogen (secondary N) is 2. The highest BCUT2D eigenvalue weighted by Crippen LogP contribution is 2.20. The van der Waals surface area contributed by atoms with E-state index in [1.165, 1.54) is 6.92 Å². The molecule has 6 heteroatoms. The van der Waals surface area contributed by atoms with Gasteiger partial charge < -0.3 is 20.8 Å². The number of hydrogen-bond acceptors (Lipinski definition) is 5. The lowest BCUT2D eigenvalue weighted by molar-refractivity contribution is -0.118. The van der Waals surface area contributed by atoms with Crippen LogP contribution in [0.5, 0.6) is 0 Å². The summed E-state index contributed by atoms with van der Waals surface area (Å²) in [5.41, 5.74) is 7.67. The first-order chi connectivity index (χ1) is 8.15. The lowest BCUT2D eigenvalue weighted by Gasteiger charge is -2.01. The topological polar surface area (TPSA) is 93.2 Å². The fourth-order valence-electron chi connectivity index (χ4n) is 1.42. The molecule has 0 atom stereocenters. The van der Waals surface area contributed by atoms with E-state index in [9.17, 15) is 4.79 Å². The Labute approximate surface area is 98.2 Å². The van der Waals surface area contributed by atoms with Gasteiger partial charge in [-0.1, -0.05) is 0 Å². The monoisotopic (exact) mass is 234 g/mol.